The number of aromatic nitrogens is 2. The minimum absolute atomic E-state index is 0.00340. The molecule has 2 fully saturated rings. The molecule has 2 amide bonds. The van der Waals surface area contributed by atoms with E-state index in [9.17, 15) is 9.59 Å². The van der Waals surface area contributed by atoms with Crippen LogP contribution in [0.25, 0.3) is 0 Å². The smallest absolute Gasteiger partial charge is 0.230 e. The summed E-state index contributed by atoms with van der Waals surface area (Å²) in [5.41, 5.74) is 3.54. The van der Waals surface area contributed by atoms with Crippen molar-refractivity contribution >= 4 is 11.8 Å². The monoisotopic (exact) mass is 418 g/mol. The van der Waals surface area contributed by atoms with Crippen molar-refractivity contribution in [3.8, 4) is 0 Å². The number of carbonyl (C=O) groups is 2. The number of rotatable bonds is 5. The van der Waals surface area contributed by atoms with Crippen molar-refractivity contribution in [1.29, 1.82) is 0 Å². The Labute approximate surface area is 181 Å². The third kappa shape index (κ3) is 3.24. The number of carbonyl (C=O) groups excluding carboxylic acids is 2. The molecule has 2 saturated heterocycles. The predicted octanol–water partition coefficient (Wildman–Crippen LogP) is 2.03. The first kappa shape index (κ1) is 19.9. The lowest BCUT2D eigenvalue weighted by Crippen LogP contribution is -2.44. The molecule has 0 aliphatic carbocycles. The van der Waals surface area contributed by atoms with E-state index in [2.05, 4.69) is 42.0 Å². The van der Waals surface area contributed by atoms with E-state index >= 15 is 0 Å². The molecule has 0 saturated carbocycles. The first-order valence-electron chi connectivity index (χ1n) is 10.6. The normalized spacial score (nSPS) is 28.3. The lowest BCUT2D eigenvalue weighted by molar-refractivity contribution is -0.142. The number of benzene rings is 1. The molecule has 1 aromatic carbocycles. The van der Waals surface area contributed by atoms with E-state index in [1.807, 2.05) is 17.1 Å². The van der Waals surface area contributed by atoms with Crippen LogP contribution in [0.1, 0.15) is 22.4 Å². The molecule has 4 atom stereocenters. The highest BCUT2D eigenvalue weighted by Crippen LogP contribution is 2.52. The molecule has 2 aromatic rings. The Bertz CT molecular complexity index is 1070. The topological polar surface area (TPSA) is 75.6 Å². The van der Waals surface area contributed by atoms with Gasteiger partial charge in [-0.2, -0.15) is 0 Å². The maximum Gasteiger partial charge on any atom is 0.230 e. The number of ether oxygens (including phenoxy) is 1. The highest BCUT2D eigenvalue weighted by molar-refractivity contribution is 5.93. The van der Waals surface area contributed by atoms with E-state index < -0.39 is 17.4 Å². The standard InChI is InChI=1S/C24H26N4O3/c1-15-4-5-17(10-16(15)2)12-28-14-24-7-6-19(31-24)20(21(24)23(28)30)22(29)27(3)13-18-11-25-8-9-26-18/h4-11,19-21H,12-14H2,1-3H3/t19-,20?,21?,24-/m1/s1. The van der Waals surface area contributed by atoms with Crippen LogP contribution in [-0.2, 0) is 27.4 Å². The van der Waals surface area contributed by atoms with Crippen LogP contribution in [0.3, 0.4) is 0 Å². The van der Waals surface area contributed by atoms with E-state index in [0.29, 0.717) is 25.3 Å². The van der Waals surface area contributed by atoms with Crippen LogP contribution in [-0.4, -0.2) is 56.9 Å². The molecule has 1 spiro atoms. The first-order valence-corrected chi connectivity index (χ1v) is 10.6. The van der Waals surface area contributed by atoms with Gasteiger partial charge in [0.05, 0.1) is 42.9 Å². The van der Waals surface area contributed by atoms with E-state index in [1.54, 1.807) is 30.5 Å². The Morgan fingerprint density at radius 1 is 1.29 bits per heavy atom. The van der Waals surface area contributed by atoms with Gasteiger partial charge in [0.1, 0.15) is 5.60 Å². The molecule has 3 aliphatic rings. The molecule has 2 unspecified atom stereocenters. The summed E-state index contributed by atoms with van der Waals surface area (Å²) in [5.74, 6) is -1.08. The summed E-state index contributed by atoms with van der Waals surface area (Å²) in [6.07, 6.45) is 8.45. The Morgan fingerprint density at radius 3 is 2.87 bits per heavy atom. The number of nitrogens with zero attached hydrogens (tertiary/aromatic N) is 4. The second-order valence-electron chi connectivity index (χ2n) is 8.90. The largest absolute Gasteiger partial charge is 0.360 e. The first-order chi connectivity index (χ1) is 14.9. The van der Waals surface area contributed by atoms with E-state index in [4.69, 9.17) is 4.74 Å². The Hall–Kier alpha value is -3.06. The van der Waals surface area contributed by atoms with Gasteiger partial charge in [-0.25, -0.2) is 0 Å². The van der Waals surface area contributed by atoms with Gasteiger partial charge in [-0.3, -0.25) is 19.6 Å². The molecule has 0 N–H and O–H groups in total. The Morgan fingerprint density at radius 2 is 2.13 bits per heavy atom. The van der Waals surface area contributed by atoms with Gasteiger partial charge < -0.3 is 14.5 Å². The van der Waals surface area contributed by atoms with E-state index in [1.165, 1.54) is 11.1 Å². The third-order valence-corrected chi connectivity index (χ3v) is 6.80. The van der Waals surface area contributed by atoms with Crippen molar-refractivity contribution in [3.63, 3.8) is 0 Å². The maximum atomic E-state index is 13.4. The summed E-state index contributed by atoms with van der Waals surface area (Å²) in [6.45, 7) is 5.51. The number of likely N-dealkylation sites (tertiary alicyclic amines) is 1. The van der Waals surface area contributed by atoms with Gasteiger partial charge in [-0.15, -0.1) is 0 Å². The van der Waals surface area contributed by atoms with Crippen molar-refractivity contribution < 1.29 is 14.3 Å². The van der Waals surface area contributed by atoms with Crippen molar-refractivity contribution in [2.24, 2.45) is 11.8 Å². The molecular formula is C24H26N4O3. The molecule has 1 aromatic heterocycles. The van der Waals surface area contributed by atoms with Gasteiger partial charge in [-0.1, -0.05) is 30.4 Å². The second-order valence-corrected chi connectivity index (χ2v) is 8.90. The van der Waals surface area contributed by atoms with Crippen LogP contribution < -0.4 is 0 Å². The number of hydrogen-bond donors (Lipinski definition) is 0. The highest BCUT2D eigenvalue weighted by Gasteiger charge is 2.67. The van der Waals surface area contributed by atoms with Crippen molar-refractivity contribution in [3.05, 3.63) is 71.3 Å². The van der Waals surface area contributed by atoms with Gasteiger partial charge in [-0.05, 0) is 30.5 Å². The zero-order valence-electron chi connectivity index (χ0n) is 18.0. The number of fused-ring (bicyclic) bond motifs is 1. The quantitative estimate of drug-likeness (QED) is 0.695. The van der Waals surface area contributed by atoms with Gasteiger partial charge >= 0.3 is 0 Å². The highest BCUT2D eigenvalue weighted by atomic mass is 16.5. The fourth-order valence-electron chi connectivity index (χ4n) is 5.10. The molecule has 4 heterocycles. The summed E-state index contributed by atoms with van der Waals surface area (Å²) in [7, 11) is 1.74. The van der Waals surface area contributed by atoms with E-state index in [-0.39, 0.29) is 17.9 Å². The number of hydrogen-bond acceptors (Lipinski definition) is 5. The molecule has 2 bridgehead atoms. The van der Waals surface area contributed by atoms with Crippen LogP contribution in [0, 0.1) is 25.7 Å². The predicted molar refractivity (Wildman–Crippen MR) is 114 cm³/mol. The molecule has 5 rings (SSSR count). The van der Waals surface area contributed by atoms with Gasteiger partial charge in [0.25, 0.3) is 0 Å². The van der Waals surface area contributed by atoms with Crippen LogP contribution in [0.2, 0.25) is 0 Å². The fraction of sp³-hybridized carbons (Fsp3) is 0.417. The van der Waals surface area contributed by atoms with Crippen molar-refractivity contribution in [1.82, 2.24) is 19.8 Å². The summed E-state index contributed by atoms with van der Waals surface area (Å²) in [4.78, 5) is 38.6. The zero-order chi connectivity index (χ0) is 21.8. The molecule has 31 heavy (non-hydrogen) atoms. The second kappa shape index (κ2) is 7.27. The van der Waals surface area contributed by atoms with Crippen molar-refractivity contribution in [2.45, 2.75) is 38.6 Å². The van der Waals surface area contributed by atoms with Crippen LogP contribution in [0.15, 0.2) is 48.9 Å². The lowest BCUT2D eigenvalue weighted by atomic mass is 9.76. The summed E-state index contributed by atoms with van der Waals surface area (Å²) in [5, 5.41) is 0. The molecule has 7 heteroatoms. The van der Waals surface area contributed by atoms with Crippen LogP contribution >= 0.6 is 0 Å². The molecule has 3 aliphatic heterocycles. The van der Waals surface area contributed by atoms with E-state index in [0.717, 1.165) is 5.56 Å². The Kier molecular flexibility index (Phi) is 4.66. The SMILES string of the molecule is Cc1ccc(CN2C[C@@]34C=C[C@@H](O3)C(C(=O)N(C)Cc3cnccn3)C4C2=O)cc1C. The maximum absolute atomic E-state index is 13.4. The average Bonchev–Trinajstić information content (AvgIpc) is 3.39. The Balaban J connectivity index is 1.36. The minimum Gasteiger partial charge on any atom is -0.360 e. The average molecular weight is 418 g/mol. The minimum atomic E-state index is -0.699. The van der Waals surface area contributed by atoms with Crippen LogP contribution in [0.4, 0.5) is 0 Å². The summed E-state index contributed by atoms with van der Waals surface area (Å²) in [6, 6.07) is 6.27. The molecule has 160 valence electrons. The molecule has 0 radical (unpaired) electrons. The number of amides is 2. The van der Waals surface area contributed by atoms with Gasteiger partial charge in [0.2, 0.25) is 11.8 Å². The molecular weight excluding hydrogens is 392 g/mol. The van der Waals surface area contributed by atoms with Gasteiger partial charge in [0, 0.05) is 26.0 Å². The summed E-state index contributed by atoms with van der Waals surface area (Å²) < 4.78 is 6.25. The summed E-state index contributed by atoms with van der Waals surface area (Å²) >= 11 is 0. The fourth-order valence-corrected chi connectivity index (χ4v) is 5.10. The lowest BCUT2D eigenvalue weighted by Gasteiger charge is -2.27. The zero-order valence-corrected chi connectivity index (χ0v) is 18.0. The molecule has 7 nitrogen and oxygen atoms in total. The van der Waals surface area contributed by atoms with Gasteiger partial charge in [0.15, 0.2) is 0 Å². The van der Waals surface area contributed by atoms with Crippen LogP contribution in [0.5, 0.6) is 0 Å². The number of aryl methyl sites for hydroxylation is 2. The van der Waals surface area contributed by atoms with Crippen molar-refractivity contribution in [2.75, 3.05) is 13.6 Å². The third-order valence-electron chi connectivity index (χ3n) is 6.80.